The van der Waals surface area contributed by atoms with Gasteiger partial charge in [-0.1, -0.05) is 61.5 Å². The van der Waals surface area contributed by atoms with Crippen molar-refractivity contribution in [2.75, 3.05) is 0 Å². The summed E-state index contributed by atoms with van der Waals surface area (Å²) in [5, 5.41) is 0. The molecule has 0 bridgehead atoms. The SMILES string of the molecule is CCC(=O)c1ccc(CCCc2ccccc2)cc1. The van der Waals surface area contributed by atoms with E-state index in [0.717, 1.165) is 24.8 Å². The highest BCUT2D eigenvalue weighted by Gasteiger charge is 2.02. The number of hydrogen-bond donors (Lipinski definition) is 0. The van der Waals surface area contributed by atoms with Gasteiger partial charge in [-0.2, -0.15) is 0 Å². The predicted octanol–water partition coefficient (Wildman–Crippen LogP) is 4.45. The van der Waals surface area contributed by atoms with Gasteiger partial charge >= 0.3 is 0 Å². The zero-order valence-corrected chi connectivity index (χ0v) is 11.4. The first-order valence-corrected chi connectivity index (χ1v) is 6.95. The number of carbonyl (C=O) groups excluding carboxylic acids is 1. The van der Waals surface area contributed by atoms with Gasteiger partial charge in [-0.15, -0.1) is 0 Å². The van der Waals surface area contributed by atoms with Crippen LogP contribution in [0.5, 0.6) is 0 Å². The second-order valence-electron chi connectivity index (χ2n) is 4.81. The van der Waals surface area contributed by atoms with Crippen molar-refractivity contribution >= 4 is 5.78 Å². The van der Waals surface area contributed by atoms with Crippen LogP contribution in [0.15, 0.2) is 54.6 Å². The van der Waals surface area contributed by atoms with Gasteiger partial charge in [-0.25, -0.2) is 0 Å². The molecule has 1 heteroatoms. The Morgan fingerprint density at radius 1 is 0.842 bits per heavy atom. The summed E-state index contributed by atoms with van der Waals surface area (Å²) in [6, 6.07) is 18.6. The maximum Gasteiger partial charge on any atom is 0.162 e. The zero-order chi connectivity index (χ0) is 13.5. The second kappa shape index (κ2) is 6.89. The van der Waals surface area contributed by atoms with E-state index in [9.17, 15) is 4.79 Å². The fraction of sp³-hybridized carbons (Fsp3) is 0.278. The number of aryl methyl sites for hydroxylation is 2. The molecule has 0 amide bonds. The van der Waals surface area contributed by atoms with Crippen molar-refractivity contribution in [1.82, 2.24) is 0 Å². The molecule has 0 fully saturated rings. The van der Waals surface area contributed by atoms with Crippen molar-refractivity contribution < 1.29 is 4.79 Å². The Hall–Kier alpha value is -1.89. The number of carbonyl (C=O) groups is 1. The third kappa shape index (κ3) is 4.06. The molecule has 0 unspecified atom stereocenters. The van der Waals surface area contributed by atoms with Crippen LogP contribution in [0.4, 0.5) is 0 Å². The second-order valence-corrected chi connectivity index (χ2v) is 4.81. The Kier molecular flexibility index (Phi) is 4.91. The molecule has 98 valence electrons. The number of ketones is 1. The van der Waals surface area contributed by atoms with Crippen molar-refractivity contribution in [2.45, 2.75) is 32.6 Å². The molecule has 0 aliphatic heterocycles. The molecule has 0 saturated carbocycles. The molecule has 0 radical (unpaired) electrons. The molecule has 0 aliphatic rings. The summed E-state index contributed by atoms with van der Waals surface area (Å²) in [5.41, 5.74) is 3.53. The first-order chi connectivity index (χ1) is 9.29. The molecule has 2 rings (SSSR count). The van der Waals surface area contributed by atoms with Crippen molar-refractivity contribution in [3.8, 4) is 0 Å². The molecule has 19 heavy (non-hydrogen) atoms. The largest absolute Gasteiger partial charge is 0.294 e. The molecule has 0 aliphatic carbocycles. The quantitative estimate of drug-likeness (QED) is 0.694. The van der Waals surface area contributed by atoms with Crippen molar-refractivity contribution in [3.05, 3.63) is 71.3 Å². The molecular weight excluding hydrogens is 232 g/mol. The average molecular weight is 252 g/mol. The molecule has 0 spiro atoms. The molecular formula is C18H20O. The topological polar surface area (TPSA) is 17.1 Å². The monoisotopic (exact) mass is 252 g/mol. The van der Waals surface area contributed by atoms with Gasteiger partial charge in [0, 0.05) is 12.0 Å². The highest BCUT2D eigenvalue weighted by atomic mass is 16.1. The lowest BCUT2D eigenvalue weighted by Crippen LogP contribution is -1.97. The van der Waals surface area contributed by atoms with E-state index in [1.165, 1.54) is 11.1 Å². The van der Waals surface area contributed by atoms with E-state index in [-0.39, 0.29) is 5.78 Å². The molecule has 0 aromatic heterocycles. The van der Waals surface area contributed by atoms with E-state index in [1.807, 2.05) is 25.1 Å². The number of hydrogen-bond acceptors (Lipinski definition) is 1. The lowest BCUT2D eigenvalue weighted by Gasteiger charge is -2.04. The average Bonchev–Trinajstić information content (AvgIpc) is 2.48. The first kappa shape index (κ1) is 13.5. The fourth-order valence-corrected chi connectivity index (χ4v) is 2.20. The maximum absolute atomic E-state index is 11.5. The Morgan fingerprint density at radius 3 is 2.00 bits per heavy atom. The van der Waals surface area contributed by atoms with Crippen LogP contribution < -0.4 is 0 Å². The van der Waals surface area contributed by atoms with Crippen LogP contribution in [0, 0.1) is 0 Å². The summed E-state index contributed by atoms with van der Waals surface area (Å²) in [5.74, 6) is 0.218. The molecule has 1 nitrogen and oxygen atoms in total. The van der Waals surface area contributed by atoms with Crippen LogP contribution in [0.2, 0.25) is 0 Å². The van der Waals surface area contributed by atoms with E-state index in [0.29, 0.717) is 6.42 Å². The molecule has 0 heterocycles. The van der Waals surface area contributed by atoms with Crippen LogP contribution in [0.1, 0.15) is 41.3 Å². The molecule has 0 N–H and O–H groups in total. The minimum absolute atomic E-state index is 0.218. The number of benzene rings is 2. The molecule has 0 saturated heterocycles. The van der Waals surface area contributed by atoms with Gasteiger partial charge in [0.25, 0.3) is 0 Å². The van der Waals surface area contributed by atoms with E-state index in [1.54, 1.807) is 0 Å². The minimum Gasteiger partial charge on any atom is -0.294 e. The van der Waals surface area contributed by atoms with Gasteiger partial charge in [-0.3, -0.25) is 4.79 Å². The zero-order valence-electron chi connectivity index (χ0n) is 11.4. The third-order valence-corrected chi connectivity index (χ3v) is 3.37. The van der Waals surface area contributed by atoms with Gasteiger partial charge in [0.15, 0.2) is 5.78 Å². The third-order valence-electron chi connectivity index (χ3n) is 3.37. The summed E-state index contributed by atoms with van der Waals surface area (Å²) in [6.07, 6.45) is 3.89. The first-order valence-electron chi connectivity index (χ1n) is 6.95. The number of rotatable bonds is 6. The normalized spacial score (nSPS) is 10.4. The highest BCUT2D eigenvalue weighted by Crippen LogP contribution is 2.11. The molecule has 0 atom stereocenters. The standard InChI is InChI=1S/C18H20O/c1-2-18(19)17-13-11-16(12-14-17)10-6-9-15-7-4-3-5-8-15/h3-5,7-8,11-14H,2,6,9-10H2,1H3. The van der Waals surface area contributed by atoms with Crippen LogP contribution >= 0.6 is 0 Å². The Morgan fingerprint density at radius 2 is 1.42 bits per heavy atom. The van der Waals surface area contributed by atoms with Crippen molar-refractivity contribution in [2.24, 2.45) is 0 Å². The highest BCUT2D eigenvalue weighted by molar-refractivity contribution is 5.95. The Balaban J connectivity index is 1.85. The fourth-order valence-electron chi connectivity index (χ4n) is 2.20. The minimum atomic E-state index is 0.218. The van der Waals surface area contributed by atoms with Crippen LogP contribution in [0.25, 0.3) is 0 Å². The van der Waals surface area contributed by atoms with Crippen LogP contribution in [-0.2, 0) is 12.8 Å². The van der Waals surface area contributed by atoms with Crippen LogP contribution in [-0.4, -0.2) is 5.78 Å². The Bertz CT molecular complexity index is 511. The Labute approximate surface area is 115 Å². The molecule has 2 aromatic carbocycles. The van der Waals surface area contributed by atoms with Gasteiger partial charge in [-0.05, 0) is 30.4 Å². The maximum atomic E-state index is 11.5. The summed E-state index contributed by atoms with van der Waals surface area (Å²) in [6.45, 7) is 1.90. The smallest absolute Gasteiger partial charge is 0.162 e. The lowest BCUT2D eigenvalue weighted by atomic mass is 10.0. The van der Waals surface area contributed by atoms with E-state index < -0.39 is 0 Å². The summed E-state index contributed by atoms with van der Waals surface area (Å²) < 4.78 is 0. The van der Waals surface area contributed by atoms with Gasteiger partial charge in [0.1, 0.15) is 0 Å². The van der Waals surface area contributed by atoms with E-state index in [4.69, 9.17) is 0 Å². The van der Waals surface area contributed by atoms with E-state index >= 15 is 0 Å². The molecule has 2 aromatic rings. The van der Waals surface area contributed by atoms with Gasteiger partial charge in [0.2, 0.25) is 0 Å². The summed E-state index contributed by atoms with van der Waals surface area (Å²) in [4.78, 5) is 11.5. The van der Waals surface area contributed by atoms with Crippen LogP contribution in [0.3, 0.4) is 0 Å². The van der Waals surface area contributed by atoms with Crippen molar-refractivity contribution in [1.29, 1.82) is 0 Å². The lowest BCUT2D eigenvalue weighted by molar-refractivity contribution is 0.0988. The summed E-state index contributed by atoms with van der Waals surface area (Å²) in [7, 11) is 0. The van der Waals surface area contributed by atoms with E-state index in [2.05, 4.69) is 36.4 Å². The van der Waals surface area contributed by atoms with Gasteiger partial charge < -0.3 is 0 Å². The number of Topliss-reactive ketones (excluding diaryl/α,β-unsaturated/α-hetero) is 1. The summed E-state index contributed by atoms with van der Waals surface area (Å²) >= 11 is 0. The predicted molar refractivity (Wildman–Crippen MR) is 79.5 cm³/mol. The van der Waals surface area contributed by atoms with Crippen molar-refractivity contribution in [3.63, 3.8) is 0 Å². The van der Waals surface area contributed by atoms with Gasteiger partial charge in [0.05, 0.1) is 0 Å².